The molecule has 0 aromatic heterocycles. The Morgan fingerprint density at radius 2 is 2.00 bits per heavy atom. The van der Waals surface area contributed by atoms with Crippen molar-refractivity contribution in [1.82, 2.24) is 5.32 Å². The predicted octanol–water partition coefficient (Wildman–Crippen LogP) is 2.99. The van der Waals surface area contributed by atoms with E-state index >= 15 is 0 Å². The molecule has 0 saturated carbocycles. The molecule has 0 radical (unpaired) electrons. The summed E-state index contributed by atoms with van der Waals surface area (Å²) >= 11 is 0. The van der Waals surface area contributed by atoms with E-state index in [1.807, 2.05) is 0 Å². The van der Waals surface area contributed by atoms with Crippen molar-refractivity contribution in [3.8, 4) is 0 Å². The zero-order chi connectivity index (χ0) is 10.1. The number of benzene rings is 1. The van der Waals surface area contributed by atoms with Crippen LogP contribution in [0.1, 0.15) is 48.4 Å². The second-order valence-corrected chi connectivity index (χ2v) is 4.84. The smallest absolute Gasteiger partial charge is 0.0323 e. The van der Waals surface area contributed by atoms with Crippen LogP contribution in [0.2, 0.25) is 0 Å². The summed E-state index contributed by atoms with van der Waals surface area (Å²) in [5.41, 5.74) is 4.89. The fourth-order valence-electron chi connectivity index (χ4n) is 3.09. The third-order valence-corrected chi connectivity index (χ3v) is 3.87. The molecule has 1 saturated heterocycles. The van der Waals surface area contributed by atoms with E-state index in [2.05, 4.69) is 23.5 Å². The highest BCUT2D eigenvalue weighted by molar-refractivity contribution is 5.39. The summed E-state index contributed by atoms with van der Waals surface area (Å²) in [4.78, 5) is 0. The van der Waals surface area contributed by atoms with Gasteiger partial charge in [0.1, 0.15) is 0 Å². The Balaban J connectivity index is 1.99. The Bertz CT molecular complexity index is 350. The van der Waals surface area contributed by atoms with E-state index in [0.717, 1.165) is 0 Å². The highest BCUT2D eigenvalue weighted by Crippen LogP contribution is 2.31. The lowest BCUT2D eigenvalue weighted by Gasteiger charge is -2.22. The normalized spacial score (nSPS) is 25.2. The van der Waals surface area contributed by atoms with Gasteiger partial charge in [-0.1, -0.05) is 18.2 Å². The monoisotopic (exact) mass is 201 g/mol. The Morgan fingerprint density at radius 3 is 2.87 bits per heavy atom. The molecule has 0 spiro atoms. The quantitative estimate of drug-likeness (QED) is 0.736. The third kappa shape index (κ3) is 1.69. The largest absolute Gasteiger partial charge is 0.310 e. The summed E-state index contributed by atoms with van der Waals surface area (Å²) < 4.78 is 0. The first-order valence-electron chi connectivity index (χ1n) is 6.29. The molecule has 1 N–H and O–H groups in total. The molecule has 1 nitrogen and oxygen atoms in total. The fourth-order valence-corrected chi connectivity index (χ4v) is 3.09. The molecule has 0 unspecified atom stereocenters. The molecule has 2 aliphatic rings. The van der Waals surface area contributed by atoms with Gasteiger partial charge in [0.05, 0.1) is 0 Å². The van der Waals surface area contributed by atoms with Crippen molar-refractivity contribution < 1.29 is 0 Å². The van der Waals surface area contributed by atoms with Crippen molar-refractivity contribution in [3.63, 3.8) is 0 Å². The minimum Gasteiger partial charge on any atom is -0.310 e. The van der Waals surface area contributed by atoms with Gasteiger partial charge in [-0.3, -0.25) is 0 Å². The number of hydrogen-bond acceptors (Lipinski definition) is 1. The zero-order valence-electron chi connectivity index (χ0n) is 9.26. The van der Waals surface area contributed by atoms with Crippen LogP contribution >= 0.6 is 0 Å². The van der Waals surface area contributed by atoms with Crippen LogP contribution in [0.5, 0.6) is 0 Å². The van der Waals surface area contributed by atoms with Crippen LogP contribution in [-0.2, 0) is 12.8 Å². The van der Waals surface area contributed by atoms with Gasteiger partial charge in [0.2, 0.25) is 0 Å². The average Bonchev–Trinajstić information content (AvgIpc) is 2.82. The average molecular weight is 201 g/mol. The first-order valence-corrected chi connectivity index (χ1v) is 6.29. The lowest BCUT2D eigenvalue weighted by Crippen LogP contribution is -2.17. The molecular weight excluding hydrogens is 182 g/mol. The van der Waals surface area contributed by atoms with E-state index in [4.69, 9.17) is 0 Å². The molecule has 1 aliphatic carbocycles. The molecule has 3 rings (SSSR count). The summed E-state index contributed by atoms with van der Waals surface area (Å²) in [5.74, 6) is 0. The van der Waals surface area contributed by atoms with Crippen LogP contribution in [0, 0.1) is 0 Å². The van der Waals surface area contributed by atoms with Gasteiger partial charge in [0, 0.05) is 6.04 Å². The summed E-state index contributed by atoms with van der Waals surface area (Å²) in [6.07, 6.45) is 8.05. The summed E-state index contributed by atoms with van der Waals surface area (Å²) in [6.45, 7) is 1.20. The van der Waals surface area contributed by atoms with Crippen molar-refractivity contribution in [3.05, 3.63) is 34.9 Å². The molecule has 80 valence electrons. The molecule has 1 heteroatoms. The van der Waals surface area contributed by atoms with Crippen molar-refractivity contribution in [2.75, 3.05) is 6.54 Å². The molecule has 0 amide bonds. The van der Waals surface area contributed by atoms with E-state index in [1.165, 1.54) is 45.1 Å². The van der Waals surface area contributed by atoms with Gasteiger partial charge in [-0.15, -0.1) is 0 Å². The molecule has 1 atom stereocenters. The zero-order valence-corrected chi connectivity index (χ0v) is 9.26. The second-order valence-electron chi connectivity index (χ2n) is 4.84. The molecule has 15 heavy (non-hydrogen) atoms. The minimum absolute atomic E-state index is 0.651. The maximum Gasteiger partial charge on any atom is 0.0323 e. The van der Waals surface area contributed by atoms with Crippen LogP contribution in [0.4, 0.5) is 0 Å². The molecule has 1 aliphatic heterocycles. The number of nitrogens with one attached hydrogen (secondary N) is 1. The van der Waals surface area contributed by atoms with E-state index < -0.39 is 0 Å². The van der Waals surface area contributed by atoms with Gasteiger partial charge in [-0.2, -0.15) is 0 Å². The molecule has 1 fully saturated rings. The topological polar surface area (TPSA) is 12.0 Å². The molecule has 0 bridgehead atoms. The maximum absolute atomic E-state index is 3.62. The van der Waals surface area contributed by atoms with Gasteiger partial charge < -0.3 is 5.32 Å². The third-order valence-electron chi connectivity index (χ3n) is 3.87. The number of fused-ring (bicyclic) bond motifs is 1. The van der Waals surface area contributed by atoms with Crippen molar-refractivity contribution in [1.29, 1.82) is 0 Å². The highest BCUT2D eigenvalue weighted by Gasteiger charge is 2.21. The molecule has 1 heterocycles. The van der Waals surface area contributed by atoms with E-state index in [1.54, 1.807) is 16.7 Å². The van der Waals surface area contributed by atoms with E-state index in [-0.39, 0.29) is 0 Å². The van der Waals surface area contributed by atoms with Gasteiger partial charge in [-0.05, 0) is 61.8 Å². The Kier molecular flexibility index (Phi) is 2.49. The number of rotatable bonds is 1. The molecule has 1 aromatic rings. The predicted molar refractivity (Wildman–Crippen MR) is 63.1 cm³/mol. The van der Waals surface area contributed by atoms with Gasteiger partial charge in [0.25, 0.3) is 0 Å². The van der Waals surface area contributed by atoms with Crippen LogP contribution in [0.15, 0.2) is 18.2 Å². The molecule has 1 aromatic carbocycles. The van der Waals surface area contributed by atoms with Crippen LogP contribution in [0.3, 0.4) is 0 Å². The molecular formula is C14H19N. The van der Waals surface area contributed by atoms with E-state index in [9.17, 15) is 0 Å². The minimum atomic E-state index is 0.651. The van der Waals surface area contributed by atoms with Crippen LogP contribution in [0.25, 0.3) is 0 Å². The standard InChI is InChI=1S/C14H19N/c1-2-7-12-11(5-1)6-3-8-13(12)14-9-4-10-15-14/h3,6,8,14-15H,1-2,4-5,7,9-10H2/t14-/m0/s1. The maximum atomic E-state index is 3.62. The first kappa shape index (κ1) is 9.41. The Labute approximate surface area is 91.9 Å². The Hall–Kier alpha value is -0.820. The van der Waals surface area contributed by atoms with Crippen molar-refractivity contribution in [2.45, 2.75) is 44.6 Å². The van der Waals surface area contributed by atoms with Crippen molar-refractivity contribution >= 4 is 0 Å². The second kappa shape index (κ2) is 3.97. The highest BCUT2D eigenvalue weighted by atomic mass is 14.9. The summed E-state index contributed by atoms with van der Waals surface area (Å²) in [7, 11) is 0. The number of hydrogen-bond donors (Lipinski definition) is 1. The lowest BCUT2D eigenvalue weighted by molar-refractivity contribution is 0.616. The van der Waals surface area contributed by atoms with E-state index in [0.29, 0.717) is 6.04 Å². The summed E-state index contributed by atoms with van der Waals surface area (Å²) in [6, 6.07) is 7.57. The van der Waals surface area contributed by atoms with Gasteiger partial charge >= 0.3 is 0 Å². The first-order chi connectivity index (χ1) is 7.45. The Morgan fingerprint density at radius 1 is 1.07 bits per heavy atom. The van der Waals surface area contributed by atoms with Crippen molar-refractivity contribution in [2.24, 2.45) is 0 Å². The SMILES string of the molecule is c1cc2c(c([C@@H]3CCCN3)c1)CCCC2. The lowest BCUT2D eigenvalue weighted by atomic mass is 9.85. The fraction of sp³-hybridized carbons (Fsp3) is 0.571. The van der Waals surface area contributed by atoms with Crippen LogP contribution in [-0.4, -0.2) is 6.54 Å². The number of aryl methyl sites for hydroxylation is 1. The van der Waals surface area contributed by atoms with Gasteiger partial charge in [-0.25, -0.2) is 0 Å². The van der Waals surface area contributed by atoms with Gasteiger partial charge in [0.15, 0.2) is 0 Å². The summed E-state index contributed by atoms with van der Waals surface area (Å²) in [5, 5.41) is 3.62. The van der Waals surface area contributed by atoms with Crippen LogP contribution < -0.4 is 5.32 Å².